The summed E-state index contributed by atoms with van der Waals surface area (Å²) in [5.74, 6) is -0.517. The number of aromatic nitrogens is 3. The summed E-state index contributed by atoms with van der Waals surface area (Å²) in [6.07, 6.45) is 3.79. The first-order valence-electron chi connectivity index (χ1n) is 11.4. The minimum Gasteiger partial charge on any atom is -0.428 e. The molecule has 0 saturated heterocycles. The Bertz CT molecular complexity index is 1380. The van der Waals surface area contributed by atoms with E-state index < -0.39 is 24.8 Å². The summed E-state index contributed by atoms with van der Waals surface area (Å²) in [5, 5.41) is 3.41. The molecule has 4 heterocycles. The van der Waals surface area contributed by atoms with Crippen molar-refractivity contribution in [3.8, 4) is 11.3 Å². The van der Waals surface area contributed by atoms with Gasteiger partial charge in [0.1, 0.15) is 11.3 Å². The smallest absolute Gasteiger partial charge is 0.419 e. The van der Waals surface area contributed by atoms with Gasteiger partial charge in [-0.1, -0.05) is 24.3 Å². The van der Waals surface area contributed by atoms with Gasteiger partial charge in [0.2, 0.25) is 6.79 Å². The van der Waals surface area contributed by atoms with Crippen molar-refractivity contribution in [2.45, 2.75) is 39.2 Å². The van der Waals surface area contributed by atoms with Crippen molar-refractivity contribution in [2.75, 3.05) is 18.7 Å². The fourth-order valence-electron chi connectivity index (χ4n) is 4.48. The molecule has 35 heavy (non-hydrogen) atoms. The summed E-state index contributed by atoms with van der Waals surface area (Å²) in [6, 6.07) is 7.47. The van der Waals surface area contributed by atoms with Crippen LogP contribution in [0.5, 0.6) is 0 Å². The number of aryl methyl sites for hydroxylation is 1. The van der Waals surface area contributed by atoms with Crippen LogP contribution in [0.4, 0.5) is 10.6 Å². The fraction of sp³-hybridized carbons (Fsp3) is 0.320. The second kappa shape index (κ2) is 8.86. The Labute approximate surface area is 201 Å². The predicted octanol–water partition coefficient (Wildman–Crippen LogP) is 3.89. The van der Waals surface area contributed by atoms with Gasteiger partial charge in [-0.2, -0.15) is 0 Å². The molecule has 0 fully saturated rings. The Hall–Kier alpha value is -4.21. The number of anilines is 1. The molecule has 2 atom stereocenters. The van der Waals surface area contributed by atoms with Gasteiger partial charge in [-0.15, -0.1) is 0 Å². The Morgan fingerprint density at radius 3 is 2.83 bits per heavy atom. The van der Waals surface area contributed by atoms with Crippen LogP contribution in [0.2, 0.25) is 0 Å². The number of carbonyl (C=O) groups excluding carboxylic acids is 3. The number of fused-ring (bicyclic) bond motifs is 3. The quantitative estimate of drug-likeness (QED) is 0.325. The number of rotatable bonds is 2. The highest BCUT2D eigenvalue weighted by Gasteiger charge is 2.37. The highest BCUT2D eigenvalue weighted by Crippen LogP contribution is 2.36. The first-order chi connectivity index (χ1) is 16.8. The normalized spacial score (nSPS) is 19.9. The molecule has 0 radical (unpaired) electrons. The molecule has 1 aromatic carbocycles. The van der Waals surface area contributed by atoms with Gasteiger partial charge in [0.15, 0.2) is 0 Å². The molecular formula is C25H25N5O5. The molecule has 0 spiro atoms. The van der Waals surface area contributed by atoms with E-state index in [9.17, 15) is 14.4 Å². The van der Waals surface area contributed by atoms with Crippen LogP contribution in [0.3, 0.4) is 0 Å². The van der Waals surface area contributed by atoms with E-state index in [4.69, 9.17) is 14.7 Å². The van der Waals surface area contributed by atoms with E-state index in [2.05, 4.69) is 15.0 Å². The Morgan fingerprint density at radius 1 is 1.20 bits per heavy atom. The SMILES string of the molecule is CC(=O)OCOC(=O)N1C[C@@H]2C/C=C/[C@H](C)Nc3nc4c(cccc4nc3C)-c3cc(c2[nH]3)C1=O. The van der Waals surface area contributed by atoms with Crippen molar-refractivity contribution in [3.05, 3.63) is 53.4 Å². The molecule has 5 rings (SSSR count). The van der Waals surface area contributed by atoms with Crippen LogP contribution in [0.1, 0.15) is 47.9 Å². The average molecular weight is 476 g/mol. The number of hydrogen-bond acceptors (Lipinski definition) is 8. The van der Waals surface area contributed by atoms with E-state index in [1.807, 2.05) is 44.2 Å². The minimum atomic E-state index is -0.856. The number of hydrogen-bond donors (Lipinski definition) is 2. The molecule has 0 unspecified atom stereocenters. The zero-order valence-electron chi connectivity index (χ0n) is 19.6. The molecular weight excluding hydrogens is 450 g/mol. The molecule has 2 amide bonds. The summed E-state index contributed by atoms with van der Waals surface area (Å²) in [7, 11) is 0. The zero-order chi connectivity index (χ0) is 24.7. The molecule has 180 valence electrons. The lowest BCUT2D eigenvalue weighted by molar-refractivity contribution is -0.149. The van der Waals surface area contributed by atoms with Gasteiger partial charge in [0.05, 0.1) is 16.8 Å². The second-order valence-corrected chi connectivity index (χ2v) is 8.71. The lowest BCUT2D eigenvalue weighted by Crippen LogP contribution is -2.44. The number of benzene rings is 1. The predicted molar refractivity (Wildman–Crippen MR) is 128 cm³/mol. The highest BCUT2D eigenvalue weighted by atomic mass is 16.7. The molecule has 0 aliphatic carbocycles. The maximum Gasteiger partial charge on any atom is 0.419 e. The molecule has 10 nitrogen and oxygen atoms in total. The summed E-state index contributed by atoms with van der Waals surface area (Å²) < 4.78 is 9.69. The van der Waals surface area contributed by atoms with Crippen molar-refractivity contribution < 1.29 is 23.9 Å². The lowest BCUT2D eigenvalue weighted by atomic mass is 9.92. The fourth-order valence-corrected chi connectivity index (χ4v) is 4.48. The van der Waals surface area contributed by atoms with E-state index in [1.165, 1.54) is 6.92 Å². The largest absolute Gasteiger partial charge is 0.428 e. The van der Waals surface area contributed by atoms with Crippen LogP contribution >= 0.6 is 0 Å². The first-order valence-corrected chi connectivity index (χ1v) is 11.4. The first kappa shape index (κ1) is 22.6. The van der Waals surface area contributed by atoms with Gasteiger partial charge in [-0.25, -0.2) is 19.7 Å². The number of aromatic amines is 1. The number of nitrogens with zero attached hydrogens (tertiary/aromatic N) is 3. The van der Waals surface area contributed by atoms with Crippen LogP contribution in [-0.2, 0) is 14.3 Å². The highest BCUT2D eigenvalue weighted by molar-refractivity contribution is 6.06. The molecule has 2 aromatic heterocycles. The second-order valence-electron chi connectivity index (χ2n) is 8.71. The number of H-pyrrole nitrogens is 1. The third-order valence-corrected chi connectivity index (χ3v) is 6.17. The van der Waals surface area contributed by atoms with Crippen molar-refractivity contribution >= 4 is 34.8 Å². The van der Waals surface area contributed by atoms with E-state index in [-0.39, 0.29) is 18.5 Å². The van der Waals surface area contributed by atoms with Crippen molar-refractivity contribution in [1.82, 2.24) is 19.9 Å². The van der Waals surface area contributed by atoms with Crippen molar-refractivity contribution in [3.63, 3.8) is 0 Å². The maximum atomic E-state index is 13.3. The molecule has 4 bridgehead atoms. The van der Waals surface area contributed by atoms with Gasteiger partial charge in [-0.05, 0) is 32.4 Å². The number of ether oxygens (including phenoxy) is 2. The Kier molecular flexibility index (Phi) is 5.72. The van der Waals surface area contributed by atoms with Crippen LogP contribution in [-0.4, -0.2) is 57.2 Å². The average Bonchev–Trinajstić information content (AvgIpc) is 3.26. The standard InChI is InChI=1S/C25H25N5O5/c1-13-6-4-7-16-11-30(25(33)35-12-34-15(3)31)24(32)18-10-20(28-21(16)18)17-8-5-9-19-22(17)29-23(26-13)14(2)27-19/h4-6,8-10,13,16,28H,7,11-12H2,1-3H3,(H,26,29)/b6-4+/t13-,16-/m0/s1. The number of nitrogens with one attached hydrogen (secondary N) is 2. The van der Waals surface area contributed by atoms with Crippen LogP contribution in [0, 0.1) is 6.92 Å². The van der Waals surface area contributed by atoms with Crippen LogP contribution in [0.25, 0.3) is 22.3 Å². The van der Waals surface area contributed by atoms with E-state index >= 15 is 0 Å². The number of allylic oxidation sites excluding steroid dienone is 1. The molecule has 3 aromatic rings. The van der Waals surface area contributed by atoms with Gasteiger partial charge < -0.3 is 19.8 Å². The number of amides is 2. The maximum absolute atomic E-state index is 13.3. The third-order valence-electron chi connectivity index (χ3n) is 6.17. The third kappa shape index (κ3) is 4.23. The van der Waals surface area contributed by atoms with E-state index in [0.717, 1.165) is 33.1 Å². The Balaban J connectivity index is 1.60. The van der Waals surface area contributed by atoms with E-state index in [0.29, 0.717) is 23.3 Å². The summed E-state index contributed by atoms with van der Waals surface area (Å²) in [6.45, 7) is 4.74. The van der Waals surface area contributed by atoms with Crippen molar-refractivity contribution in [1.29, 1.82) is 0 Å². The zero-order valence-corrected chi connectivity index (χ0v) is 19.6. The van der Waals surface area contributed by atoms with Gasteiger partial charge >= 0.3 is 12.1 Å². The number of carbonyl (C=O) groups is 3. The van der Waals surface area contributed by atoms with Gasteiger partial charge in [0, 0.05) is 42.4 Å². The van der Waals surface area contributed by atoms with E-state index in [1.54, 1.807) is 6.07 Å². The topological polar surface area (TPSA) is 127 Å². The monoisotopic (exact) mass is 475 g/mol. The molecule has 2 aliphatic heterocycles. The Morgan fingerprint density at radius 2 is 2.03 bits per heavy atom. The number of esters is 1. The number of imide groups is 1. The van der Waals surface area contributed by atoms with Crippen LogP contribution < -0.4 is 5.32 Å². The summed E-state index contributed by atoms with van der Waals surface area (Å²) >= 11 is 0. The molecule has 0 saturated carbocycles. The van der Waals surface area contributed by atoms with Gasteiger partial charge in [0.25, 0.3) is 5.91 Å². The molecule has 10 heteroatoms. The number of para-hydroxylation sites is 1. The van der Waals surface area contributed by atoms with Crippen LogP contribution in [0.15, 0.2) is 36.4 Å². The summed E-state index contributed by atoms with van der Waals surface area (Å²) in [4.78, 5) is 51.0. The van der Waals surface area contributed by atoms with Gasteiger partial charge in [-0.3, -0.25) is 9.59 Å². The minimum absolute atomic E-state index is 0.0128. The summed E-state index contributed by atoms with van der Waals surface area (Å²) in [5.41, 5.74) is 4.93. The lowest BCUT2D eigenvalue weighted by Gasteiger charge is -2.30. The molecule has 2 aliphatic rings. The molecule has 2 N–H and O–H groups in total. The van der Waals surface area contributed by atoms with Crippen molar-refractivity contribution in [2.24, 2.45) is 0 Å².